The van der Waals surface area contributed by atoms with Crippen molar-refractivity contribution in [1.82, 2.24) is 0 Å². The Bertz CT molecular complexity index is 189. The highest BCUT2D eigenvalue weighted by Gasteiger charge is 2.23. The van der Waals surface area contributed by atoms with Crippen molar-refractivity contribution in [3.05, 3.63) is 11.8 Å². The fraction of sp³-hybridized carbons (Fsp3) is 0.625. The third-order valence-electron chi connectivity index (χ3n) is 1.71. The maximum absolute atomic E-state index is 7.42. The molecule has 0 heterocycles. The van der Waals surface area contributed by atoms with Crippen LogP contribution >= 0.6 is 0 Å². The molecule has 0 unspecified atom stereocenters. The molecule has 10 heavy (non-hydrogen) atoms. The van der Waals surface area contributed by atoms with Crippen molar-refractivity contribution in [2.45, 2.75) is 26.7 Å². The molecule has 1 aliphatic rings. The van der Waals surface area contributed by atoms with E-state index < -0.39 is 0 Å². The van der Waals surface area contributed by atoms with Gasteiger partial charge in [-0.2, -0.15) is 0 Å². The minimum atomic E-state index is 0.204. The molecule has 0 aliphatic heterocycles. The average Bonchev–Trinajstić information content (AvgIpc) is 1.54. The van der Waals surface area contributed by atoms with Gasteiger partial charge in [-0.15, -0.1) is 0 Å². The van der Waals surface area contributed by atoms with Gasteiger partial charge in [-0.05, 0) is 24.3 Å². The molecule has 0 spiro atoms. The molecule has 3 N–H and O–H groups in total. The Labute approximate surface area is 61.6 Å². The first-order chi connectivity index (χ1) is 4.49. The van der Waals surface area contributed by atoms with Crippen LogP contribution in [-0.2, 0) is 0 Å². The fourth-order valence-electron chi connectivity index (χ4n) is 1.46. The van der Waals surface area contributed by atoms with Gasteiger partial charge in [0.2, 0.25) is 0 Å². The molecule has 2 heteroatoms. The van der Waals surface area contributed by atoms with Crippen molar-refractivity contribution >= 4 is 5.71 Å². The zero-order valence-electron chi connectivity index (χ0n) is 6.57. The zero-order chi connectivity index (χ0) is 7.78. The fourth-order valence-corrected chi connectivity index (χ4v) is 1.46. The summed E-state index contributed by atoms with van der Waals surface area (Å²) in [6.07, 6.45) is 3.55. The van der Waals surface area contributed by atoms with Gasteiger partial charge in [-0.1, -0.05) is 13.8 Å². The lowest BCUT2D eigenvalue weighted by atomic mass is 9.79. The summed E-state index contributed by atoms with van der Waals surface area (Å²) in [6.45, 7) is 4.28. The van der Waals surface area contributed by atoms with E-state index >= 15 is 0 Å². The molecule has 0 radical (unpaired) electrons. The normalized spacial score (nSPS) is 24.2. The first-order valence-corrected chi connectivity index (χ1v) is 3.53. The Kier molecular flexibility index (Phi) is 1.55. The van der Waals surface area contributed by atoms with E-state index in [0.29, 0.717) is 5.71 Å². The van der Waals surface area contributed by atoms with Gasteiger partial charge in [0, 0.05) is 11.4 Å². The van der Waals surface area contributed by atoms with Crippen LogP contribution in [0.4, 0.5) is 0 Å². The van der Waals surface area contributed by atoms with Crippen LogP contribution in [-0.4, -0.2) is 5.71 Å². The van der Waals surface area contributed by atoms with E-state index in [9.17, 15) is 0 Å². The third kappa shape index (κ3) is 1.59. The summed E-state index contributed by atoms with van der Waals surface area (Å²) in [5.74, 6) is 0. The molecule has 2 nitrogen and oxygen atoms in total. The molecular weight excluding hydrogens is 124 g/mol. The molecule has 56 valence electrons. The Morgan fingerprint density at radius 2 is 2.10 bits per heavy atom. The lowest BCUT2D eigenvalue weighted by Gasteiger charge is -2.28. The van der Waals surface area contributed by atoms with Crippen LogP contribution in [0.5, 0.6) is 0 Å². The second-order valence-electron chi connectivity index (χ2n) is 3.76. The highest BCUT2D eigenvalue weighted by atomic mass is 14.6. The maximum Gasteiger partial charge on any atom is 0.0336 e. The van der Waals surface area contributed by atoms with Crippen LogP contribution < -0.4 is 5.73 Å². The molecule has 0 atom stereocenters. The predicted octanol–water partition coefficient (Wildman–Crippen LogP) is 1.67. The summed E-state index contributed by atoms with van der Waals surface area (Å²) in [6, 6.07) is 0. The lowest BCUT2D eigenvalue weighted by molar-refractivity contribution is 0.371. The minimum absolute atomic E-state index is 0.204. The first kappa shape index (κ1) is 7.32. The molecule has 0 aromatic heterocycles. The number of hydrogen-bond acceptors (Lipinski definition) is 2. The van der Waals surface area contributed by atoms with Crippen molar-refractivity contribution in [1.29, 1.82) is 5.41 Å². The lowest BCUT2D eigenvalue weighted by Crippen LogP contribution is -2.24. The van der Waals surface area contributed by atoms with Crippen molar-refractivity contribution in [2.75, 3.05) is 0 Å². The molecule has 0 bridgehead atoms. The van der Waals surface area contributed by atoms with Crippen LogP contribution in [0.3, 0.4) is 0 Å². The summed E-state index contributed by atoms with van der Waals surface area (Å²) < 4.78 is 0. The van der Waals surface area contributed by atoms with E-state index in [4.69, 9.17) is 11.1 Å². The highest BCUT2D eigenvalue weighted by Crippen LogP contribution is 2.31. The summed E-state index contributed by atoms with van der Waals surface area (Å²) in [7, 11) is 0. The SMILES string of the molecule is CC1(C)CC(=N)C=C(N)C1. The average molecular weight is 138 g/mol. The molecular formula is C8H14N2. The zero-order valence-corrected chi connectivity index (χ0v) is 6.57. The van der Waals surface area contributed by atoms with Crippen molar-refractivity contribution in [2.24, 2.45) is 11.1 Å². The van der Waals surface area contributed by atoms with Gasteiger partial charge in [-0.25, -0.2) is 0 Å². The summed E-state index contributed by atoms with van der Waals surface area (Å²) in [5.41, 5.74) is 7.33. The number of hydrogen-bond donors (Lipinski definition) is 2. The second-order valence-corrected chi connectivity index (χ2v) is 3.76. The monoisotopic (exact) mass is 138 g/mol. The van der Waals surface area contributed by atoms with E-state index in [2.05, 4.69) is 13.8 Å². The largest absolute Gasteiger partial charge is 0.402 e. The van der Waals surface area contributed by atoms with E-state index in [1.807, 2.05) is 0 Å². The van der Waals surface area contributed by atoms with Gasteiger partial charge >= 0.3 is 0 Å². The highest BCUT2D eigenvalue weighted by molar-refractivity contribution is 5.94. The topological polar surface area (TPSA) is 49.9 Å². The molecule has 0 aromatic carbocycles. The second kappa shape index (κ2) is 2.11. The molecule has 0 saturated heterocycles. The van der Waals surface area contributed by atoms with E-state index in [1.54, 1.807) is 6.08 Å². The standard InChI is InChI=1S/C8H14N2/c1-8(2)4-6(9)3-7(10)5-8/h3,9H,4-5,10H2,1-2H3. The number of nitrogens with two attached hydrogens (primary N) is 1. The number of rotatable bonds is 0. The predicted molar refractivity (Wildman–Crippen MR) is 43.0 cm³/mol. The minimum Gasteiger partial charge on any atom is -0.402 e. The number of allylic oxidation sites excluding steroid dienone is 2. The molecule has 0 saturated carbocycles. The van der Waals surface area contributed by atoms with Crippen LogP contribution in [0.15, 0.2) is 11.8 Å². The Balaban J connectivity index is 2.80. The smallest absolute Gasteiger partial charge is 0.0336 e. The van der Waals surface area contributed by atoms with Gasteiger partial charge in [-0.3, -0.25) is 0 Å². The maximum atomic E-state index is 7.42. The van der Waals surface area contributed by atoms with Gasteiger partial charge in [0.1, 0.15) is 0 Å². The van der Waals surface area contributed by atoms with Crippen LogP contribution in [0, 0.1) is 10.8 Å². The summed E-state index contributed by atoms with van der Waals surface area (Å²) in [5, 5.41) is 7.42. The summed E-state index contributed by atoms with van der Waals surface area (Å²) in [4.78, 5) is 0. The molecule has 0 fully saturated rings. The molecule has 0 amide bonds. The summed E-state index contributed by atoms with van der Waals surface area (Å²) >= 11 is 0. The van der Waals surface area contributed by atoms with Crippen molar-refractivity contribution in [3.63, 3.8) is 0 Å². The van der Waals surface area contributed by atoms with Gasteiger partial charge in [0.25, 0.3) is 0 Å². The Morgan fingerprint density at radius 1 is 1.50 bits per heavy atom. The molecule has 1 aliphatic carbocycles. The van der Waals surface area contributed by atoms with Gasteiger partial charge < -0.3 is 11.1 Å². The van der Waals surface area contributed by atoms with Gasteiger partial charge in [0.15, 0.2) is 0 Å². The first-order valence-electron chi connectivity index (χ1n) is 3.53. The van der Waals surface area contributed by atoms with Crippen molar-refractivity contribution in [3.8, 4) is 0 Å². The van der Waals surface area contributed by atoms with Crippen LogP contribution in [0.2, 0.25) is 0 Å². The number of nitrogens with one attached hydrogen (secondary N) is 1. The Morgan fingerprint density at radius 3 is 2.50 bits per heavy atom. The van der Waals surface area contributed by atoms with Crippen LogP contribution in [0.1, 0.15) is 26.7 Å². The molecule has 0 aromatic rings. The van der Waals surface area contributed by atoms with Crippen LogP contribution in [0.25, 0.3) is 0 Å². The Hall–Kier alpha value is -0.790. The van der Waals surface area contributed by atoms with Crippen molar-refractivity contribution < 1.29 is 0 Å². The quantitative estimate of drug-likeness (QED) is 0.525. The van der Waals surface area contributed by atoms with E-state index in [-0.39, 0.29) is 5.41 Å². The van der Waals surface area contributed by atoms with E-state index in [0.717, 1.165) is 18.5 Å². The van der Waals surface area contributed by atoms with E-state index in [1.165, 1.54) is 0 Å². The third-order valence-corrected chi connectivity index (χ3v) is 1.71. The molecule has 1 rings (SSSR count). The van der Waals surface area contributed by atoms with Gasteiger partial charge in [0.05, 0.1) is 0 Å².